The minimum atomic E-state index is -0.666. The molecule has 3 amide bonds. The van der Waals surface area contributed by atoms with Crippen molar-refractivity contribution in [3.8, 4) is 28.4 Å². The lowest BCUT2D eigenvalue weighted by Gasteiger charge is -2.38. The third-order valence-corrected chi connectivity index (χ3v) is 7.26. The first-order chi connectivity index (χ1) is 18.7. The summed E-state index contributed by atoms with van der Waals surface area (Å²) in [4.78, 5) is 43.4. The average molecular weight is 540 g/mol. The Labute approximate surface area is 231 Å². The van der Waals surface area contributed by atoms with Gasteiger partial charge in [0.2, 0.25) is 23.5 Å². The number of carbonyl (C=O) groups is 3. The maximum atomic E-state index is 13.4. The standard InChI is InChI=1S/C30H41N3O6/c1-7-8-9-10-15-31(2)27(34)19-33-20-28(35)32(3)24(30(33)36)16-21-11-13-22(14-12-21)23-17-25(37-4)29(39-6)26(18-23)38-5/h11-14,17-18,24H,7-10,15-16,19-20H2,1-6H3/t24-/m0/s1. The molecule has 1 atom stereocenters. The van der Waals surface area contributed by atoms with Crippen LogP contribution in [0.1, 0.15) is 38.2 Å². The molecule has 39 heavy (non-hydrogen) atoms. The zero-order valence-corrected chi connectivity index (χ0v) is 24.0. The summed E-state index contributed by atoms with van der Waals surface area (Å²) in [5.74, 6) is 1.11. The van der Waals surface area contributed by atoms with Crippen LogP contribution in [0.2, 0.25) is 0 Å². The molecule has 0 N–H and O–H groups in total. The first kappa shape index (κ1) is 29.8. The van der Waals surface area contributed by atoms with Gasteiger partial charge in [0.1, 0.15) is 19.1 Å². The highest BCUT2D eigenvalue weighted by molar-refractivity contribution is 5.97. The largest absolute Gasteiger partial charge is 0.493 e. The van der Waals surface area contributed by atoms with E-state index in [4.69, 9.17) is 14.2 Å². The van der Waals surface area contributed by atoms with Crippen LogP contribution in [0.5, 0.6) is 17.2 Å². The van der Waals surface area contributed by atoms with E-state index >= 15 is 0 Å². The Bertz CT molecular complexity index is 1120. The van der Waals surface area contributed by atoms with Crippen molar-refractivity contribution in [1.82, 2.24) is 14.7 Å². The van der Waals surface area contributed by atoms with E-state index in [-0.39, 0.29) is 30.8 Å². The van der Waals surface area contributed by atoms with E-state index in [0.717, 1.165) is 42.4 Å². The highest BCUT2D eigenvalue weighted by Crippen LogP contribution is 2.41. The van der Waals surface area contributed by atoms with Crippen molar-refractivity contribution in [3.05, 3.63) is 42.0 Å². The van der Waals surface area contributed by atoms with Crippen molar-refractivity contribution in [2.24, 2.45) is 0 Å². The van der Waals surface area contributed by atoms with Crippen LogP contribution in [0, 0.1) is 0 Å². The van der Waals surface area contributed by atoms with Crippen LogP contribution < -0.4 is 14.2 Å². The van der Waals surface area contributed by atoms with Crippen molar-refractivity contribution in [2.45, 2.75) is 45.1 Å². The Kier molecular flexibility index (Phi) is 10.6. The summed E-state index contributed by atoms with van der Waals surface area (Å²) in [6, 6.07) is 10.9. The molecule has 9 heteroatoms. The predicted octanol–water partition coefficient (Wildman–Crippen LogP) is 3.63. The molecule has 0 bridgehead atoms. The fraction of sp³-hybridized carbons (Fsp3) is 0.500. The molecule has 2 aromatic rings. The zero-order chi connectivity index (χ0) is 28.5. The van der Waals surface area contributed by atoms with E-state index in [2.05, 4.69) is 6.92 Å². The summed E-state index contributed by atoms with van der Waals surface area (Å²) in [7, 11) is 8.11. The highest BCUT2D eigenvalue weighted by Gasteiger charge is 2.38. The number of rotatable bonds is 13. The van der Waals surface area contributed by atoms with Gasteiger partial charge in [0.05, 0.1) is 21.3 Å². The zero-order valence-electron chi connectivity index (χ0n) is 24.0. The summed E-state index contributed by atoms with van der Waals surface area (Å²) in [5.41, 5.74) is 2.73. The molecule has 0 radical (unpaired) electrons. The number of carbonyl (C=O) groups excluding carboxylic acids is 3. The minimum Gasteiger partial charge on any atom is -0.493 e. The number of hydrogen-bond acceptors (Lipinski definition) is 6. The molecular formula is C30H41N3O6. The normalized spacial score (nSPS) is 15.4. The lowest BCUT2D eigenvalue weighted by molar-refractivity contribution is -0.156. The van der Waals surface area contributed by atoms with Gasteiger partial charge in [0.15, 0.2) is 11.5 Å². The number of likely N-dealkylation sites (N-methyl/N-ethyl adjacent to an activating group) is 2. The van der Waals surface area contributed by atoms with Gasteiger partial charge < -0.3 is 28.9 Å². The van der Waals surface area contributed by atoms with E-state index < -0.39 is 6.04 Å². The number of hydrogen-bond donors (Lipinski definition) is 0. The molecule has 1 heterocycles. The van der Waals surface area contributed by atoms with Crippen LogP contribution in [0.15, 0.2) is 36.4 Å². The predicted molar refractivity (Wildman–Crippen MR) is 150 cm³/mol. The van der Waals surface area contributed by atoms with E-state index in [9.17, 15) is 14.4 Å². The van der Waals surface area contributed by atoms with Crippen molar-refractivity contribution < 1.29 is 28.6 Å². The first-order valence-electron chi connectivity index (χ1n) is 13.4. The van der Waals surface area contributed by atoms with E-state index in [1.165, 1.54) is 9.80 Å². The first-order valence-corrected chi connectivity index (χ1v) is 13.4. The van der Waals surface area contributed by atoms with Gasteiger partial charge in [-0.3, -0.25) is 14.4 Å². The maximum absolute atomic E-state index is 13.4. The van der Waals surface area contributed by atoms with Crippen molar-refractivity contribution >= 4 is 17.7 Å². The maximum Gasteiger partial charge on any atom is 0.246 e. The average Bonchev–Trinajstić information content (AvgIpc) is 2.95. The summed E-state index contributed by atoms with van der Waals surface area (Å²) in [6.45, 7) is 2.63. The fourth-order valence-corrected chi connectivity index (χ4v) is 4.75. The third kappa shape index (κ3) is 7.22. The number of piperazine rings is 1. The topological polar surface area (TPSA) is 88.6 Å². The number of benzene rings is 2. The van der Waals surface area contributed by atoms with E-state index in [1.807, 2.05) is 36.4 Å². The SMILES string of the molecule is CCCCCCN(C)C(=O)CN1CC(=O)N(C)[C@@H](Cc2ccc(-c3cc(OC)c(OC)c(OC)c3)cc2)C1=O. The summed E-state index contributed by atoms with van der Waals surface area (Å²) in [6.07, 6.45) is 4.62. The molecule has 0 unspecified atom stereocenters. The molecule has 212 valence electrons. The van der Waals surface area contributed by atoms with Gasteiger partial charge in [0.25, 0.3) is 0 Å². The lowest BCUT2D eigenvalue weighted by atomic mass is 9.98. The Hall–Kier alpha value is -3.75. The molecule has 2 aromatic carbocycles. The number of ether oxygens (including phenoxy) is 3. The molecule has 1 aliphatic rings. The van der Waals surface area contributed by atoms with E-state index in [1.54, 1.807) is 40.3 Å². The summed E-state index contributed by atoms with van der Waals surface area (Å²) in [5, 5.41) is 0. The molecule has 1 saturated heterocycles. The van der Waals surface area contributed by atoms with Crippen molar-refractivity contribution in [3.63, 3.8) is 0 Å². The number of amides is 3. The summed E-state index contributed by atoms with van der Waals surface area (Å²) < 4.78 is 16.3. The lowest BCUT2D eigenvalue weighted by Crippen LogP contribution is -2.60. The fourth-order valence-electron chi connectivity index (χ4n) is 4.75. The molecule has 0 aromatic heterocycles. The van der Waals surface area contributed by atoms with Crippen LogP contribution in [0.25, 0.3) is 11.1 Å². The van der Waals surface area contributed by atoms with Crippen molar-refractivity contribution in [2.75, 3.05) is 55.1 Å². The quantitative estimate of drug-likeness (QED) is 0.361. The van der Waals surface area contributed by atoms with E-state index in [0.29, 0.717) is 30.2 Å². The Morgan fingerprint density at radius 2 is 1.59 bits per heavy atom. The van der Waals surface area contributed by atoms with Gasteiger partial charge in [-0.2, -0.15) is 0 Å². The monoisotopic (exact) mass is 539 g/mol. The second kappa shape index (κ2) is 13.9. The third-order valence-electron chi connectivity index (χ3n) is 7.26. The van der Waals surface area contributed by atoms with Gasteiger partial charge in [-0.05, 0) is 35.2 Å². The smallest absolute Gasteiger partial charge is 0.246 e. The van der Waals surface area contributed by atoms with Crippen LogP contribution >= 0.6 is 0 Å². The molecule has 3 rings (SSSR count). The van der Waals surface area contributed by atoms with Gasteiger partial charge in [-0.15, -0.1) is 0 Å². The van der Waals surface area contributed by atoms with Gasteiger partial charge in [-0.25, -0.2) is 0 Å². The molecule has 0 spiro atoms. The minimum absolute atomic E-state index is 0.0820. The Balaban J connectivity index is 1.71. The molecule has 0 saturated carbocycles. The summed E-state index contributed by atoms with van der Waals surface area (Å²) >= 11 is 0. The number of unbranched alkanes of at least 4 members (excludes halogenated alkanes) is 3. The molecule has 9 nitrogen and oxygen atoms in total. The van der Waals surface area contributed by atoms with Crippen LogP contribution in [-0.4, -0.2) is 93.5 Å². The molecule has 0 aliphatic carbocycles. The van der Waals surface area contributed by atoms with Crippen LogP contribution in [0.4, 0.5) is 0 Å². The number of nitrogens with zero attached hydrogens (tertiary/aromatic N) is 3. The van der Waals surface area contributed by atoms with Gasteiger partial charge >= 0.3 is 0 Å². The molecular weight excluding hydrogens is 498 g/mol. The second-order valence-corrected chi connectivity index (χ2v) is 9.91. The van der Waals surface area contributed by atoms with Crippen molar-refractivity contribution in [1.29, 1.82) is 0 Å². The Morgan fingerprint density at radius 3 is 2.15 bits per heavy atom. The van der Waals surface area contributed by atoms with Gasteiger partial charge in [-0.1, -0.05) is 50.5 Å². The van der Waals surface area contributed by atoms with Gasteiger partial charge in [0, 0.05) is 27.1 Å². The van der Waals surface area contributed by atoms with Crippen LogP contribution in [-0.2, 0) is 20.8 Å². The molecule has 1 aliphatic heterocycles. The number of methoxy groups -OCH3 is 3. The van der Waals surface area contributed by atoms with Crippen LogP contribution in [0.3, 0.4) is 0 Å². The Morgan fingerprint density at radius 1 is 0.949 bits per heavy atom. The second-order valence-electron chi connectivity index (χ2n) is 9.91. The highest BCUT2D eigenvalue weighted by atomic mass is 16.5. The molecule has 1 fully saturated rings.